The van der Waals surface area contributed by atoms with Gasteiger partial charge in [-0.2, -0.15) is 0 Å². The van der Waals surface area contributed by atoms with Gasteiger partial charge < -0.3 is 14.4 Å². The number of carbonyl (C=O) groups is 2. The molecular formula is C24H21BrN2O5. The van der Waals surface area contributed by atoms with Crippen LogP contribution in [0.3, 0.4) is 0 Å². The number of aryl methyl sites for hydroxylation is 1. The van der Waals surface area contributed by atoms with E-state index in [9.17, 15) is 14.7 Å². The number of ether oxygens (including phenoxy) is 1. The Hall–Kier alpha value is -3.39. The van der Waals surface area contributed by atoms with Crippen LogP contribution >= 0.6 is 15.9 Å². The molecule has 0 unspecified atom stereocenters. The summed E-state index contributed by atoms with van der Waals surface area (Å²) >= 11 is 3.36. The van der Waals surface area contributed by atoms with Crippen LogP contribution in [-0.4, -0.2) is 28.6 Å². The Kier molecular flexibility index (Phi) is 6.14. The summed E-state index contributed by atoms with van der Waals surface area (Å²) in [6.45, 7) is 4.30. The number of aliphatic hydroxyl groups excluding tert-OH is 1. The zero-order valence-corrected chi connectivity index (χ0v) is 19.1. The van der Waals surface area contributed by atoms with Crippen molar-refractivity contribution in [2.75, 3.05) is 11.5 Å². The highest BCUT2D eigenvalue weighted by Gasteiger charge is 2.48. The number of anilines is 1. The van der Waals surface area contributed by atoms with Crippen LogP contribution in [0.25, 0.3) is 5.76 Å². The van der Waals surface area contributed by atoms with Crippen LogP contribution in [0.5, 0.6) is 5.75 Å². The molecule has 0 radical (unpaired) electrons. The fourth-order valence-corrected chi connectivity index (χ4v) is 3.84. The van der Waals surface area contributed by atoms with Crippen molar-refractivity contribution >= 4 is 39.2 Å². The summed E-state index contributed by atoms with van der Waals surface area (Å²) in [4.78, 5) is 27.3. The van der Waals surface area contributed by atoms with Gasteiger partial charge in [-0.15, -0.1) is 0 Å². The van der Waals surface area contributed by atoms with E-state index in [0.29, 0.717) is 29.2 Å². The molecular weight excluding hydrogens is 476 g/mol. The number of hydrogen-bond donors (Lipinski definition) is 1. The number of benzene rings is 2. The number of rotatable bonds is 6. The van der Waals surface area contributed by atoms with Gasteiger partial charge in [-0.25, -0.2) is 0 Å². The summed E-state index contributed by atoms with van der Waals surface area (Å²) in [5.41, 5.74) is 1.04. The second-order valence-corrected chi connectivity index (χ2v) is 8.30. The van der Waals surface area contributed by atoms with Crippen LogP contribution in [0.1, 0.15) is 36.3 Å². The van der Waals surface area contributed by atoms with Crippen molar-refractivity contribution in [1.82, 2.24) is 5.16 Å². The maximum atomic E-state index is 13.1. The molecule has 164 valence electrons. The van der Waals surface area contributed by atoms with E-state index < -0.39 is 17.7 Å². The minimum Gasteiger partial charge on any atom is -0.507 e. The fraction of sp³-hybridized carbons (Fsp3) is 0.208. The van der Waals surface area contributed by atoms with E-state index in [1.54, 1.807) is 61.5 Å². The number of nitrogens with zero attached hydrogens (tertiary/aromatic N) is 2. The molecule has 0 spiro atoms. The van der Waals surface area contributed by atoms with Crippen LogP contribution in [0.4, 0.5) is 5.82 Å². The molecule has 32 heavy (non-hydrogen) atoms. The second kappa shape index (κ2) is 9.00. The molecule has 1 aliphatic rings. The van der Waals surface area contributed by atoms with E-state index in [1.807, 2.05) is 6.92 Å². The Balaban J connectivity index is 1.85. The van der Waals surface area contributed by atoms with Gasteiger partial charge in [0.1, 0.15) is 17.3 Å². The highest BCUT2D eigenvalue weighted by Crippen LogP contribution is 2.42. The number of ketones is 1. The summed E-state index contributed by atoms with van der Waals surface area (Å²) < 4.78 is 11.6. The maximum Gasteiger partial charge on any atom is 0.301 e. The standard InChI is InChI=1S/C24H21BrN2O5/c1-3-12-31-18-10-6-15(7-11-18)21-20(22(28)16-4-8-17(25)9-5-16)23(29)24(30)27(21)19-13-14(2)32-26-19/h4-11,13,21,28H,3,12H2,1-2H3/t21-/m0/s1. The van der Waals surface area contributed by atoms with Gasteiger partial charge in [-0.1, -0.05) is 52.3 Å². The molecule has 4 rings (SSSR count). The lowest BCUT2D eigenvalue weighted by atomic mass is 9.95. The largest absolute Gasteiger partial charge is 0.507 e. The average Bonchev–Trinajstić information content (AvgIpc) is 3.33. The summed E-state index contributed by atoms with van der Waals surface area (Å²) in [7, 11) is 0. The number of aromatic nitrogens is 1. The highest BCUT2D eigenvalue weighted by molar-refractivity contribution is 9.10. The van der Waals surface area contributed by atoms with E-state index >= 15 is 0 Å². The van der Waals surface area contributed by atoms with Crippen LogP contribution in [0.15, 0.2) is 69.2 Å². The zero-order valence-electron chi connectivity index (χ0n) is 17.5. The normalized spacial score (nSPS) is 17.7. The smallest absolute Gasteiger partial charge is 0.301 e. The maximum absolute atomic E-state index is 13.1. The van der Waals surface area contributed by atoms with Crippen LogP contribution in [0.2, 0.25) is 0 Å². The third-order valence-electron chi connectivity index (χ3n) is 5.09. The molecule has 1 atom stereocenters. The Morgan fingerprint density at radius 3 is 2.44 bits per heavy atom. The monoisotopic (exact) mass is 496 g/mol. The number of carbonyl (C=O) groups excluding carboxylic acids is 2. The summed E-state index contributed by atoms with van der Waals surface area (Å²) in [6, 6.07) is 14.7. The lowest BCUT2D eigenvalue weighted by Gasteiger charge is -2.23. The number of hydrogen-bond acceptors (Lipinski definition) is 6. The quantitative estimate of drug-likeness (QED) is 0.287. The van der Waals surface area contributed by atoms with E-state index in [2.05, 4.69) is 21.1 Å². The van der Waals surface area contributed by atoms with Crippen molar-refractivity contribution in [3.8, 4) is 5.75 Å². The first-order valence-electron chi connectivity index (χ1n) is 10.1. The molecule has 3 aromatic rings. The van der Waals surface area contributed by atoms with E-state index in [1.165, 1.54) is 4.90 Å². The average molecular weight is 497 g/mol. The molecule has 2 heterocycles. The Labute approximate surface area is 193 Å². The van der Waals surface area contributed by atoms with Crippen molar-refractivity contribution in [2.24, 2.45) is 0 Å². The van der Waals surface area contributed by atoms with Gasteiger partial charge >= 0.3 is 5.91 Å². The van der Waals surface area contributed by atoms with Crippen molar-refractivity contribution in [1.29, 1.82) is 0 Å². The number of aliphatic hydroxyl groups is 1. The first-order valence-corrected chi connectivity index (χ1v) is 10.9. The third-order valence-corrected chi connectivity index (χ3v) is 5.62. The second-order valence-electron chi connectivity index (χ2n) is 7.39. The van der Waals surface area contributed by atoms with Gasteiger partial charge in [0.15, 0.2) is 5.82 Å². The SMILES string of the molecule is CCCOc1ccc([C@H]2C(=C(O)c3ccc(Br)cc3)C(=O)C(=O)N2c2cc(C)on2)cc1. The lowest BCUT2D eigenvalue weighted by molar-refractivity contribution is -0.132. The first-order chi connectivity index (χ1) is 15.4. The van der Waals surface area contributed by atoms with Crippen LogP contribution < -0.4 is 9.64 Å². The van der Waals surface area contributed by atoms with Crippen molar-refractivity contribution < 1.29 is 24.0 Å². The first kappa shape index (κ1) is 21.8. The lowest BCUT2D eigenvalue weighted by Crippen LogP contribution is -2.29. The fourth-order valence-electron chi connectivity index (χ4n) is 3.58. The highest BCUT2D eigenvalue weighted by atomic mass is 79.9. The Morgan fingerprint density at radius 2 is 1.84 bits per heavy atom. The summed E-state index contributed by atoms with van der Waals surface area (Å²) in [6.07, 6.45) is 0.876. The predicted molar refractivity (Wildman–Crippen MR) is 122 cm³/mol. The van der Waals surface area contributed by atoms with Gasteiger partial charge in [0, 0.05) is 16.1 Å². The number of Topliss-reactive ketones (excluding diaryl/α,β-unsaturated/α-hetero) is 1. The summed E-state index contributed by atoms with van der Waals surface area (Å²) in [5.74, 6) is -0.448. The molecule has 8 heteroatoms. The van der Waals surface area contributed by atoms with E-state index in [4.69, 9.17) is 9.26 Å². The molecule has 1 amide bonds. The number of halogens is 1. The minimum atomic E-state index is -0.872. The molecule has 1 fully saturated rings. The van der Waals surface area contributed by atoms with E-state index in [-0.39, 0.29) is 17.2 Å². The molecule has 7 nitrogen and oxygen atoms in total. The molecule has 0 saturated carbocycles. The van der Waals surface area contributed by atoms with Gasteiger partial charge in [-0.3, -0.25) is 14.5 Å². The Morgan fingerprint density at radius 1 is 1.16 bits per heavy atom. The molecule has 1 aliphatic heterocycles. The van der Waals surface area contributed by atoms with Gasteiger partial charge in [-0.05, 0) is 43.2 Å². The molecule has 2 aromatic carbocycles. The van der Waals surface area contributed by atoms with Crippen LogP contribution in [0, 0.1) is 6.92 Å². The molecule has 0 bridgehead atoms. The minimum absolute atomic E-state index is 0.0137. The van der Waals surface area contributed by atoms with Gasteiger partial charge in [0.05, 0.1) is 18.2 Å². The predicted octanol–water partition coefficient (Wildman–Crippen LogP) is 5.16. The van der Waals surface area contributed by atoms with Crippen molar-refractivity contribution in [3.05, 3.63) is 81.5 Å². The topological polar surface area (TPSA) is 92.9 Å². The zero-order chi connectivity index (χ0) is 22.8. The molecule has 1 N–H and O–H groups in total. The van der Waals surface area contributed by atoms with Crippen molar-refractivity contribution in [3.63, 3.8) is 0 Å². The van der Waals surface area contributed by atoms with Gasteiger partial charge in [0.2, 0.25) is 0 Å². The van der Waals surface area contributed by atoms with Crippen molar-refractivity contribution in [2.45, 2.75) is 26.3 Å². The van der Waals surface area contributed by atoms with E-state index in [0.717, 1.165) is 10.9 Å². The summed E-state index contributed by atoms with van der Waals surface area (Å²) in [5, 5.41) is 15.0. The van der Waals surface area contributed by atoms with Gasteiger partial charge in [0.25, 0.3) is 5.78 Å². The molecule has 0 aliphatic carbocycles. The molecule has 1 saturated heterocycles. The molecule has 1 aromatic heterocycles. The number of amides is 1. The Bertz CT molecular complexity index is 1180. The third kappa shape index (κ3) is 4.05. The van der Waals surface area contributed by atoms with Crippen LogP contribution in [-0.2, 0) is 9.59 Å².